The summed E-state index contributed by atoms with van der Waals surface area (Å²) in [4.78, 5) is 16.3. The first-order chi connectivity index (χ1) is 11.4. The van der Waals surface area contributed by atoms with Crippen molar-refractivity contribution in [1.82, 2.24) is 10.3 Å². The van der Waals surface area contributed by atoms with E-state index in [4.69, 9.17) is 4.42 Å². The number of benzene rings is 1. The van der Waals surface area contributed by atoms with Crippen molar-refractivity contribution in [3.63, 3.8) is 0 Å². The maximum Gasteiger partial charge on any atom is 0.232 e. The Morgan fingerprint density at radius 2 is 2.04 bits per heavy atom. The van der Waals surface area contributed by atoms with Gasteiger partial charge in [0.15, 0.2) is 0 Å². The number of nitrogens with zero attached hydrogens (tertiary/aromatic N) is 1. The van der Waals surface area contributed by atoms with Crippen LogP contribution in [0, 0.1) is 13.8 Å². The van der Waals surface area contributed by atoms with E-state index >= 15 is 0 Å². The Labute approximate surface area is 145 Å². The van der Waals surface area contributed by atoms with Gasteiger partial charge in [0.25, 0.3) is 0 Å². The molecule has 0 fully saturated rings. The van der Waals surface area contributed by atoms with Crippen LogP contribution < -0.4 is 5.32 Å². The molecule has 0 saturated heterocycles. The third-order valence-corrected chi connectivity index (χ3v) is 5.06. The number of oxazole rings is 1. The SMILES string of the molecule is CC[C@@H](C)NC(=O)C[S@](=O)Cc1nc(-c2ccccc2C)oc1C. The zero-order chi connectivity index (χ0) is 17.7. The van der Waals surface area contributed by atoms with Crippen molar-refractivity contribution >= 4 is 16.7 Å². The van der Waals surface area contributed by atoms with Crippen molar-refractivity contribution in [3.8, 4) is 11.5 Å². The summed E-state index contributed by atoms with van der Waals surface area (Å²) >= 11 is 0. The number of amides is 1. The van der Waals surface area contributed by atoms with Gasteiger partial charge in [0.2, 0.25) is 11.8 Å². The van der Waals surface area contributed by atoms with Gasteiger partial charge < -0.3 is 9.73 Å². The van der Waals surface area contributed by atoms with Crippen LogP contribution in [0.3, 0.4) is 0 Å². The monoisotopic (exact) mass is 348 g/mol. The van der Waals surface area contributed by atoms with Crippen molar-refractivity contribution in [1.29, 1.82) is 0 Å². The molecule has 0 bridgehead atoms. The summed E-state index contributed by atoms with van der Waals surface area (Å²) in [6.45, 7) is 7.72. The lowest BCUT2D eigenvalue weighted by molar-refractivity contribution is -0.119. The highest BCUT2D eigenvalue weighted by Gasteiger charge is 2.17. The molecule has 130 valence electrons. The zero-order valence-electron chi connectivity index (χ0n) is 14.6. The van der Waals surface area contributed by atoms with Gasteiger partial charge in [0.05, 0.1) is 11.4 Å². The molecular weight excluding hydrogens is 324 g/mol. The number of carbonyl (C=O) groups is 1. The molecular formula is C18H24N2O3S. The van der Waals surface area contributed by atoms with Gasteiger partial charge in [-0.2, -0.15) is 0 Å². The topological polar surface area (TPSA) is 72.2 Å². The molecule has 1 N–H and O–H groups in total. The second kappa shape index (κ2) is 8.24. The smallest absolute Gasteiger partial charge is 0.232 e. The molecule has 2 atom stereocenters. The molecule has 1 aromatic heterocycles. The molecule has 0 unspecified atom stereocenters. The molecule has 1 amide bonds. The molecule has 2 aromatic rings. The number of hydrogen-bond acceptors (Lipinski definition) is 4. The largest absolute Gasteiger partial charge is 0.441 e. The first-order valence-corrected chi connectivity index (χ1v) is 9.56. The van der Waals surface area contributed by atoms with Crippen molar-refractivity contribution in [3.05, 3.63) is 41.3 Å². The summed E-state index contributed by atoms with van der Waals surface area (Å²) in [6, 6.07) is 7.92. The highest BCUT2D eigenvalue weighted by Crippen LogP contribution is 2.25. The number of aryl methyl sites for hydroxylation is 2. The quantitative estimate of drug-likeness (QED) is 0.834. The van der Waals surface area contributed by atoms with Gasteiger partial charge in [-0.05, 0) is 38.8 Å². The highest BCUT2D eigenvalue weighted by atomic mass is 32.2. The van der Waals surface area contributed by atoms with Crippen LogP contribution in [-0.4, -0.2) is 26.9 Å². The Morgan fingerprint density at radius 3 is 2.71 bits per heavy atom. The maximum absolute atomic E-state index is 12.2. The van der Waals surface area contributed by atoms with E-state index < -0.39 is 10.8 Å². The molecule has 0 aliphatic carbocycles. The second-order valence-corrected chi connectivity index (χ2v) is 7.40. The average molecular weight is 348 g/mol. The second-order valence-electron chi connectivity index (χ2n) is 5.94. The van der Waals surface area contributed by atoms with Gasteiger partial charge in [0.1, 0.15) is 11.5 Å². The minimum absolute atomic E-state index is 0.0175. The fourth-order valence-corrected chi connectivity index (χ4v) is 3.31. The van der Waals surface area contributed by atoms with Gasteiger partial charge in [-0.25, -0.2) is 4.98 Å². The number of aromatic nitrogens is 1. The summed E-state index contributed by atoms with van der Waals surface area (Å²) in [5.74, 6) is 1.18. The number of nitrogens with one attached hydrogen (secondary N) is 1. The first kappa shape index (κ1) is 18.4. The van der Waals surface area contributed by atoms with Gasteiger partial charge in [-0.15, -0.1) is 0 Å². The van der Waals surface area contributed by atoms with E-state index in [1.165, 1.54) is 0 Å². The maximum atomic E-state index is 12.2. The predicted molar refractivity (Wildman–Crippen MR) is 96.0 cm³/mol. The van der Waals surface area contributed by atoms with Crippen LogP contribution in [0.2, 0.25) is 0 Å². The molecule has 24 heavy (non-hydrogen) atoms. The van der Waals surface area contributed by atoms with E-state index in [0.29, 0.717) is 17.3 Å². The lowest BCUT2D eigenvalue weighted by Crippen LogP contribution is -2.35. The fourth-order valence-electron chi connectivity index (χ4n) is 2.26. The van der Waals surface area contributed by atoms with E-state index in [1.807, 2.05) is 45.0 Å². The van der Waals surface area contributed by atoms with E-state index in [-0.39, 0.29) is 23.5 Å². The van der Waals surface area contributed by atoms with Gasteiger partial charge in [-0.1, -0.05) is 25.1 Å². The third kappa shape index (κ3) is 4.77. The van der Waals surface area contributed by atoms with E-state index in [9.17, 15) is 9.00 Å². The van der Waals surface area contributed by atoms with E-state index in [2.05, 4.69) is 10.3 Å². The molecule has 1 heterocycles. The number of rotatable bonds is 7. The van der Waals surface area contributed by atoms with Gasteiger partial charge >= 0.3 is 0 Å². The van der Waals surface area contributed by atoms with Crippen molar-refractivity contribution in [2.75, 3.05) is 5.75 Å². The molecule has 1 aromatic carbocycles. The van der Waals surface area contributed by atoms with Crippen LogP contribution in [0.4, 0.5) is 0 Å². The van der Waals surface area contributed by atoms with Crippen molar-refractivity contribution in [2.45, 2.75) is 45.9 Å². The molecule has 5 nitrogen and oxygen atoms in total. The summed E-state index contributed by atoms with van der Waals surface area (Å²) in [7, 11) is -1.31. The zero-order valence-corrected chi connectivity index (χ0v) is 15.4. The Morgan fingerprint density at radius 1 is 1.33 bits per heavy atom. The Bertz CT molecular complexity index is 740. The van der Waals surface area contributed by atoms with E-state index in [0.717, 1.165) is 17.5 Å². The highest BCUT2D eigenvalue weighted by molar-refractivity contribution is 7.84. The summed E-state index contributed by atoms with van der Waals surface area (Å²) in [5, 5.41) is 2.82. The first-order valence-electron chi connectivity index (χ1n) is 8.07. The van der Waals surface area contributed by atoms with Crippen molar-refractivity contribution in [2.24, 2.45) is 0 Å². The lowest BCUT2D eigenvalue weighted by Gasteiger charge is -2.10. The summed E-state index contributed by atoms with van der Waals surface area (Å²) < 4.78 is 17.9. The number of carbonyl (C=O) groups excluding carboxylic acids is 1. The van der Waals surface area contributed by atoms with Crippen LogP contribution >= 0.6 is 0 Å². The van der Waals surface area contributed by atoms with Gasteiger partial charge in [0, 0.05) is 22.4 Å². The van der Waals surface area contributed by atoms with Crippen LogP contribution in [0.15, 0.2) is 28.7 Å². The van der Waals surface area contributed by atoms with Crippen molar-refractivity contribution < 1.29 is 13.4 Å². The molecule has 0 saturated carbocycles. The van der Waals surface area contributed by atoms with Crippen LogP contribution in [-0.2, 0) is 21.3 Å². The molecule has 0 spiro atoms. The lowest BCUT2D eigenvalue weighted by atomic mass is 10.1. The minimum Gasteiger partial charge on any atom is -0.441 e. The average Bonchev–Trinajstić information content (AvgIpc) is 2.87. The third-order valence-electron chi connectivity index (χ3n) is 3.88. The summed E-state index contributed by atoms with van der Waals surface area (Å²) in [6.07, 6.45) is 0.848. The minimum atomic E-state index is -1.31. The molecule has 2 rings (SSSR count). The molecule has 0 aliphatic rings. The van der Waals surface area contributed by atoms with Gasteiger partial charge in [-0.3, -0.25) is 9.00 Å². The number of hydrogen-bond donors (Lipinski definition) is 1. The Balaban J connectivity index is 2.04. The van der Waals surface area contributed by atoms with Crippen LogP contribution in [0.5, 0.6) is 0 Å². The molecule has 0 radical (unpaired) electrons. The molecule has 0 aliphatic heterocycles. The van der Waals surface area contributed by atoms with E-state index in [1.54, 1.807) is 6.92 Å². The normalized spacial score (nSPS) is 13.5. The Hall–Kier alpha value is -1.95. The molecule has 6 heteroatoms. The standard InChI is InChI=1S/C18H24N2O3S/c1-5-13(3)19-17(21)11-24(22)10-16-14(4)23-18(20-16)15-9-7-6-8-12(15)2/h6-9,13H,5,10-11H2,1-4H3,(H,19,21)/t13-,24-/m1/s1. The van der Waals surface area contributed by atoms with Crippen LogP contribution in [0.25, 0.3) is 11.5 Å². The Kier molecular flexibility index (Phi) is 6.31. The fraction of sp³-hybridized carbons (Fsp3) is 0.444. The van der Waals surface area contributed by atoms with Crippen LogP contribution in [0.1, 0.15) is 37.3 Å². The predicted octanol–water partition coefficient (Wildman–Crippen LogP) is 3.12. The summed E-state index contributed by atoms with van der Waals surface area (Å²) in [5.41, 5.74) is 2.63.